The van der Waals surface area contributed by atoms with Crippen molar-refractivity contribution in [1.29, 1.82) is 0 Å². The largest absolute Gasteiger partial charge is 0.179 e. The van der Waals surface area contributed by atoms with Crippen molar-refractivity contribution < 1.29 is 0 Å². The van der Waals surface area contributed by atoms with E-state index >= 15 is 0 Å². The van der Waals surface area contributed by atoms with Gasteiger partial charge in [0.05, 0.1) is 0 Å². The second-order valence-electron chi connectivity index (χ2n) is 5.09. The van der Waals surface area contributed by atoms with E-state index in [4.69, 9.17) is 0 Å². The summed E-state index contributed by atoms with van der Waals surface area (Å²) in [5.74, 6) is 1.91. The molecule has 0 nitrogen and oxygen atoms in total. The monoisotopic (exact) mass is 246 g/mol. The highest BCUT2D eigenvalue weighted by Gasteiger charge is 2.26. The van der Waals surface area contributed by atoms with Crippen LogP contribution in [0.3, 0.4) is 0 Å². The molecule has 0 aliphatic heterocycles. The molecule has 0 N–H and O–H groups in total. The van der Waals surface area contributed by atoms with Gasteiger partial charge in [-0.05, 0) is 36.3 Å². The standard InChI is InChI=1S/C13H28S.C2H6/c1-5-8-13(11-14,9-6-2)10-7-12(3)4;1-2/h12,14H,5-11H2,1-4H3;1-2H3. The highest BCUT2D eigenvalue weighted by atomic mass is 32.1. The van der Waals surface area contributed by atoms with Gasteiger partial charge < -0.3 is 0 Å². The van der Waals surface area contributed by atoms with E-state index in [1.165, 1.54) is 38.5 Å². The zero-order valence-corrected chi connectivity index (χ0v) is 13.4. The SMILES string of the molecule is CC.CCCC(CS)(CCC)CCC(C)C. The Balaban J connectivity index is 0. The van der Waals surface area contributed by atoms with Crippen LogP contribution in [-0.4, -0.2) is 5.75 Å². The van der Waals surface area contributed by atoms with Crippen LogP contribution < -0.4 is 0 Å². The summed E-state index contributed by atoms with van der Waals surface area (Å²) in [7, 11) is 0. The fourth-order valence-electron chi connectivity index (χ4n) is 2.27. The van der Waals surface area contributed by atoms with Gasteiger partial charge in [-0.15, -0.1) is 0 Å². The Morgan fingerprint density at radius 1 is 0.938 bits per heavy atom. The van der Waals surface area contributed by atoms with Crippen molar-refractivity contribution in [3.05, 3.63) is 0 Å². The Hall–Kier alpha value is 0.350. The molecule has 0 amide bonds. The van der Waals surface area contributed by atoms with Gasteiger partial charge in [-0.3, -0.25) is 0 Å². The summed E-state index contributed by atoms with van der Waals surface area (Å²) in [6, 6.07) is 0. The fraction of sp³-hybridized carbons (Fsp3) is 1.00. The van der Waals surface area contributed by atoms with E-state index in [1.54, 1.807) is 0 Å². The lowest BCUT2D eigenvalue weighted by molar-refractivity contribution is 0.234. The first-order valence-corrected chi connectivity index (χ1v) is 7.84. The summed E-state index contributed by atoms with van der Waals surface area (Å²) in [5, 5.41) is 0. The molecule has 0 aromatic heterocycles. The summed E-state index contributed by atoms with van der Waals surface area (Å²) >= 11 is 4.57. The maximum absolute atomic E-state index is 4.57. The van der Waals surface area contributed by atoms with Crippen LogP contribution in [0.1, 0.15) is 80.1 Å². The van der Waals surface area contributed by atoms with E-state index in [-0.39, 0.29) is 0 Å². The molecule has 100 valence electrons. The minimum atomic E-state index is 0.539. The average Bonchev–Trinajstić information content (AvgIpc) is 2.29. The molecule has 0 fully saturated rings. The van der Waals surface area contributed by atoms with Crippen LogP contribution in [0.25, 0.3) is 0 Å². The first-order chi connectivity index (χ1) is 7.60. The highest BCUT2D eigenvalue weighted by Crippen LogP contribution is 2.37. The van der Waals surface area contributed by atoms with E-state index < -0.39 is 0 Å². The average molecular weight is 247 g/mol. The molecular formula is C15H34S. The van der Waals surface area contributed by atoms with Gasteiger partial charge in [0.15, 0.2) is 0 Å². The molecule has 0 heterocycles. The van der Waals surface area contributed by atoms with E-state index in [1.807, 2.05) is 13.8 Å². The zero-order valence-electron chi connectivity index (χ0n) is 12.5. The topological polar surface area (TPSA) is 0 Å². The number of hydrogen-bond donors (Lipinski definition) is 1. The minimum absolute atomic E-state index is 0.539. The van der Waals surface area contributed by atoms with Crippen LogP contribution >= 0.6 is 12.6 Å². The van der Waals surface area contributed by atoms with Gasteiger partial charge in [0.25, 0.3) is 0 Å². The van der Waals surface area contributed by atoms with Gasteiger partial charge in [-0.25, -0.2) is 0 Å². The molecule has 1 heteroatoms. The first-order valence-electron chi connectivity index (χ1n) is 7.21. The number of rotatable bonds is 8. The molecule has 0 bridgehead atoms. The molecule has 0 aromatic carbocycles. The van der Waals surface area contributed by atoms with Crippen LogP contribution in [0.2, 0.25) is 0 Å². The molecule has 0 rings (SSSR count). The number of hydrogen-bond acceptors (Lipinski definition) is 1. The Morgan fingerprint density at radius 3 is 1.62 bits per heavy atom. The summed E-state index contributed by atoms with van der Waals surface area (Å²) in [5.41, 5.74) is 0.539. The number of thiol groups is 1. The molecule has 0 radical (unpaired) electrons. The van der Waals surface area contributed by atoms with Crippen molar-refractivity contribution >= 4 is 12.6 Å². The third-order valence-electron chi connectivity index (χ3n) is 3.15. The van der Waals surface area contributed by atoms with Crippen LogP contribution in [0.5, 0.6) is 0 Å². The second kappa shape index (κ2) is 11.8. The molecule has 0 saturated heterocycles. The normalized spacial score (nSPS) is 11.2. The van der Waals surface area contributed by atoms with Gasteiger partial charge in [0, 0.05) is 0 Å². The maximum Gasteiger partial charge on any atom is -0.00412 e. The lowest BCUT2D eigenvalue weighted by atomic mass is 9.76. The molecule has 0 atom stereocenters. The Kier molecular flexibility index (Phi) is 13.8. The van der Waals surface area contributed by atoms with Gasteiger partial charge in [0.1, 0.15) is 0 Å². The third-order valence-corrected chi connectivity index (χ3v) is 3.82. The van der Waals surface area contributed by atoms with Gasteiger partial charge in [-0.1, -0.05) is 60.8 Å². The molecule has 16 heavy (non-hydrogen) atoms. The molecule has 0 aliphatic rings. The van der Waals surface area contributed by atoms with Crippen molar-refractivity contribution in [2.45, 2.75) is 80.1 Å². The molecule has 0 spiro atoms. The zero-order chi connectivity index (χ0) is 13.0. The molecule has 0 aromatic rings. The molecule has 0 unspecified atom stereocenters. The summed E-state index contributed by atoms with van der Waals surface area (Å²) in [4.78, 5) is 0. The van der Waals surface area contributed by atoms with E-state index in [0.29, 0.717) is 5.41 Å². The van der Waals surface area contributed by atoms with E-state index in [2.05, 4.69) is 40.3 Å². The van der Waals surface area contributed by atoms with Gasteiger partial charge >= 0.3 is 0 Å². The lowest BCUT2D eigenvalue weighted by Crippen LogP contribution is -2.23. The smallest absolute Gasteiger partial charge is 0.00412 e. The third kappa shape index (κ3) is 8.50. The quantitative estimate of drug-likeness (QED) is 0.501. The predicted octanol–water partition coefficient (Wildman–Crippen LogP) is 5.97. The fourth-order valence-corrected chi connectivity index (χ4v) is 2.74. The van der Waals surface area contributed by atoms with Crippen LogP contribution in [0.15, 0.2) is 0 Å². The Labute approximate surface area is 110 Å². The molecule has 0 saturated carbocycles. The van der Waals surface area contributed by atoms with Crippen molar-refractivity contribution in [3.63, 3.8) is 0 Å². The minimum Gasteiger partial charge on any atom is -0.179 e. The summed E-state index contributed by atoms with van der Waals surface area (Å²) in [6.45, 7) is 13.2. The van der Waals surface area contributed by atoms with Crippen molar-refractivity contribution in [2.24, 2.45) is 11.3 Å². The van der Waals surface area contributed by atoms with Crippen LogP contribution in [0, 0.1) is 11.3 Å². The van der Waals surface area contributed by atoms with Crippen molar-refractivity contribution in [3.8, 4) is 0 Å². The predicted molar refractivity (Wildman–Crippen MR) is 81.5 cm³/mol. The maximum atomic E-state index is 4.57. The first kappa shape index (κ1) is 18.7. The molecular weight excluding hydrogens is 212 g/mol. The van der Waals surface area contributed by atoms with Gasteiger partial charge in [0.2, 0.25) is 0 Å². The summed E-state index contributed by atoms with van der Waals surface area (Å²) < 4.78 is 0. The van der Waals surface area contributed by atoms with E-state index in [9.17, 15) is 0 Å². The van der Waals surface area contributed by atoms with Crippen molar-refractivity contribution in [1.82, 2.24) is 0 Å². The van der Waals surface area contributed by atoms with Crippen LogP contribution in [0.4, 0.5) is 0 Å². The summed E-state index contributed by atoms with van der Waals surface area (Å²) in [6.07, 6.45) is 8.06. The second-order valence-corrected chi connectivity index (χ2v) is 5.41. The van der Waals surface area contributed by atoms with Crippen molar-refractivity contribution in [2.75, 3.05) is 5.75 Å². The Bertz CT molecular complexity index is 123. The highest BCUT2D eigenvalue weighted by molar-refractivity contribution is 7.80. The van der Waals surface area contributed by atoms with Crippen LogP contribution in [-0.2, 0) is 0 Å². The lowest BCUT2D eigenvalue weighted by Gasteiger charge is -2.32. The van der Waals surface area contributed by atoms with E-state index in [0.717, 1.165) is 11.7 Å². The van der Waals surface area contributed by atoms with Gasteiger partial charge in [-0.2, -0.15) is 12.6 Å². The Morgan fingerprint density at radius 2 is 1.38 bits per heavy atom. The molecule has 0 aliphatic carbocycles.